The summed E-state index contributed by atoms with van der Waals surface area (Å²) in [5.41, 5.74) is 1.12. The van der Waals surface area contributed by atoms with Gasteiger partial charge in [-0.2, -0.15) is 0 Å². The fourth-order valence-corrected chi connectivity index (χ4v) is 3.00. The van der Waals surface area contributed by atoms with E-state index >= 15 is 0 Å². The molecule has 0 saturated carbocycles. The number of likely N-dealkylation sites (N-methyl/N-ethyl adjacent to an activating group) is 1. The Bertz CT molecular complexity index is 557. The molecule has 0 bridgehead atoms. The molecular weight excluding hydrogens is 302 g/mol. The molecule has 0 spiro atoms. The monoisotopic (exact) mass is 331 g/mol. The molecule has 1 aliphatic rings. The first kappa shape index (κ1) is 18.5. The van der Waals surface area contributed by atoms with Crippen molar-refractivity contribution in [1.82, 2.24) is 14.7 Å². The van der Waals surface area contributed by atoms with Gasteiger partial charge in [-0.3, -0.25) is 9.59 Å². The lowest BCUT2D eigenvalue weighted by Crippen LogP contribution is -2.41. The minimum Gasteiger partial charge on any atom is -0.341 e. The van der Waals surface area contributed by atoms with Crippen molar-refractivity contribution in [3.8, 4) is 0 Å². The summed E-state index contributed by atoms with van der Waals surface area (Å²) in [4.78, 5) is 30.9. The molecule has 0 aliphatic carbocycles. The van der Waals surface area contributed by atoms with Crippen LogP contribution < -0.4 is 0 Å². The van der Waals surface area contributed by atoms with E-state index in [2.05, 4.69) is 4.90 Å². The van der Waals surface area contributed by atoms with E-state index in [9.17, 15) is 9.59 Å². The van der Waals surface area contributed by atoms with Crippen LogP contribution in [0, 0.1) is 5.92 Å². The zero-order valence-electron chi connectivity index (χ0n) is 15.2. The first-order chi connectivity index (χ1) is 11.4. The van der Waals surface area contributed by atoms with Crippen LogP contribution in [0.15, 0.2) is 30.3 Å². The van der Waals surface area contributed by atoms with Crippen molar-refractivity contribution in [2.24, 2.45) is 5.92 Å². The maximum Gasteiger partial charge on any atom is 0.228 e. The van der Waals surface area contributed by atoms with Gasteiger partial charge in [0.2, 0.25) is 11.8 Å². The van der Waals surface area contributed by atoms with Crippen LogP contribution in [0.4, 0.5) is 0 Å². The summed E-state index contributed by atoms with van der Waals surface area (Å²) in [5, 5.41) is 0. The molecule has 5 nitrogen and oxygen atoms in total. The molecule has 2 rings (SSSR count). The molecule has 0 aromatic heterocycles. The number of nitrogens with zero attached hydrogens (tertiary/aromatic N) is 3. The summed E-state index contributed by atoms with van der Waals surface area (Å²) in [5.74, 6) is -0.0288. The molecule has 1 fully saturated rings. The van der Waals surface area contributed by atoms with Crippen molar-refractivity contribution in [2.45, 2.75) is 32.9 Å². The SMILES string of the molecule is CC(C)N(Cc1ccccc1)C(=O)C1CC(=O)N(CCN(C)C)C1. The molecule has 2 amide bonds. The smallest absolute Gasteiger partial charge is 0.228 e. The Balaban J connectivity index is 2.01. The van der Waals surface area contributed by atoms with E-state index in [4.69, 9.17) is 0 Å². The third-order valence-corrected chi connectivity index (χ3v) is 4.48. The number of likely N-dealkylation sites (tertiary alicyclic amines) is 1. The highest BCUT2D eigenvalue weighted by Gasteiger charge is 2.36. The number of amides is 2. The summed E-state index contributed by atoms with van der Waals surface area (Å²) < 4.78 is 0. The topological polar surface area (TPSA) is 43.9 Å². The van der Waals surface area contributed by atoms with Gasteiger partial charge in [0.05, 0.1) is 5.92 Å². The zero-order chi connectivity index (χ0) is 17.7. The van der Waals surface area contributed by atoms with Gasteiger partial charge in [-0.25, -0.2) is 0 Å². The Morgan fingerprint density at radius 3 is 2.50 bits per heavy atom. The lowest BCUT2D eigenvalue weighted by Gasteiger charge is -2.29. The van der Waals surface area contributed by atoms with Crippen molar-refractivity contribution in [2.75, 3.05) is 33.7 Å². The summed E-state index contributed by atoms with van der Waals surface area (Å²) in [6.07, 6.45) is 0.338. The molecule has 1 unspecified atom stereocenters. The molecular formula is C19H29N3O2. The standard InChI is InChI=1S/C19H29N3O2/c1-15(2)22(13-16-8-6-5-7-9-16)19(24)17-12-18(23)21(14-17)11-10-20(3)4/h5-9,15,17H,10-14H2,1-4H3. The molecule has 1 saturated heterocycles. The van der Waals surface area contributed by atoms with E-state index < -0.39 is 0 Å². The van der Waals surface area contributed by atoms with Crippen LogP contribution in [0.3, 0.4) is 0 Å². The van der Waals surface area contributed by atoms with Crippen LogP contribution in [0.5, 0.6) is 0 Å². The van der Waals surface area contributed by atoms with Crippen molar-refractivity contribution in [1.29, 1.82) is 0 Å². The van der Waals surface area contributed by atoms with Gasteiger partial charge in [0.25, 0.3) is 0 Å². The lowest BCUT2D eigenvalue weighted by molar-refractivity contribution is -0.138. The Labute approximate surface area is 145 Å². The molecule has 0 radical (unpaired) electrons. The third kappa shape index (κ3) is 4.81. The average Bonchev–Trinajstić information content (AvgIpc) is 2.91. The van der Waals surface area contributed by atoms with Gasteiger partial charge >= 0.3 is 0 Å². The third-order valence-electron chi connectivity index (χ3n) is 4.48. The first-order valence-corrected chi connectivity index (χ1v) is 8.65. The molecule has 1 heterocycles. The van der Waals surface area contributed by atoms with Crippen LogP contribution in [-0.2, 0) is 16.1 Å². The second-order valence-corrected chi connectivity index (χ2v) is 7.09. The van der Waals surface area contributed by atoms with Crippen LogP contribution in [0.2, 0.25) is 0 Å². The van der Waals surface area contributed by atoms with Crippen LogP contribution in [-0.4, -0.2) is 66.3 Å². The maximum absolute atomic E-state index is 13.0. The highest BCUT2D eigenvalue weighted by molar-refractivity contribution is 5.89. The maximum atomic E-state index is 13.0. The quantitative estimate of drug-likeness (QED) is 0.766. The van der Waals surface area contributed by atoms with E-state index in [0.29, 0.717) is 26.1 Å². The highest BCUT2D eigenvalue weighted by atomic mass is 16.2. The Morgan fingerprint density at radius 1 is 1.25 bits per heavy atom. The summed E-state index contributed by atoms with van der Waals surface area (Å²) in [7, 11) is 3.98. The van der Waals surface area contributed by atoms with Gasteiger partial charge in [-0.05, 0) is 33.5 Å². The fraction of sp³-hybridized carbons (Fsp3) is 0.579. The summed E-state index contributed by atoms with van der Waals surface area (Å²) in [6, 6.07) is 10.1. The molecule has 0 N–H and O–H groups in total. The molecule has 1 aromatic rings. The van der Waals surface area contributed by atoms with Gasteiger partial charge in [0.1, 0.15) is 0 Å². The fourth-order valence-electron chi connectivity index (χ4n) is 3.00. The second kappa shape index (κ2) is 8.29. The Kier molecular flexibility index (Phi) is 6.37. The first-order valence-electron chi connectivity index (χ1n) is 8.65. The number of rotatable bonds is 7. The van der Waals surface area contributed by atoms with Gasteiger partial charge in [0.15, 0.2) is 0 Å². The predicted molar refractivity (Wildman–Crippen MR) is 95.4 cm³/mol. The zero-order valence-corrected chi connectivity index (χ0v) is 15.2. The minimum absolute atomic E-state index is 0.0922. The van der Waals surface area contributed by atoms with Gasteiger partial charge in [-0.15, -0.1) is 0 Å². The van der Waals surface area contributed by atoms with Gasteiger partial charge in [-0.1, -0.05) is 30.3 Å². The van der Waals surface area contributed by atoms with E-state index in [1.807, 2.05) is 68.1 Å². The van der Waals surface area contributed by atoms with Crippen LogP contribution in [0.25, 0.3) is 0 Å². The van der Waals surface area contributed by atoms with Crippen molar-refractivity contribution in [3.05, 3.63) is 35.9 Å². The summed E-state index contributed by atoms with van der Waals surface area (Å²) >= 11 is 0. The van der Waals surface area contributed by atoms with Crippen LogP contribution >= 0.6 is 0 Å². The molecule has 1 atom stereocenters. The van der Waals surface area contributed by atoms with E-state index in [-0.39, 0.29) is 23.8 Å². The number of hydrogen-bond acceptors (Lipinski definition) is 3. The van der Waals surface area contributed by atoms with Gasteiger partial charge < -0.3 is 14.7 Å². The number of carbonyl (C=O) groups excluding carboxylic acids is 2. The predicted octanol–water partition coefficient (Wildman–Crippen LogP) is 1.83. The second-order valence-electron chi connectivity index (χ2n) is 7.09. The number of hydrogen-bond donors (Lipinski definition) is 0. The Morgan fingerprint density at radius 2 is 1.92 bits per heavy atom. The Hall–Kier alpha value is -1.88. The van der Waals surface area contributed by atoms with Crippen molar-refractivity contribution in [3.63, 3.8) is 0 Å². The number of benzene rings is 1. The lowest BCUT2D eigenvalue weighted by atomic mass is 10.1. The normalized spacial score (nSPS) is 17.8. The van der Waals surface area contributed by atoms with E-state index in [1.165, 1.54) is 0 Å². The van der Waals surface area contributed by atoms with Gasteiger partial charge in [0, 0.05) is 38.6 Å². The highest BCUT2D eigenvalue weighted by Crippen LogP contribution is 2.22. The molecule has 1 aromatic carbocycles. The van der Waals surface area contributed by atoms with E-state index in [0.717, 1.165) is 12.1 Å². The summed E-state index contributed by atoms with van der Waals surface area (Å²) in [6.45, 7) is 6.71. The largest absolute Gasteiger partial charge is 0.341 e. The molecule has 24 heavy (non-hydrogen) atoms. The molecule has 132 valence electrons. The average molecular weight is 331 g/mol. The minimum atomic E-state index is -0.217. The van der Waals surface area contributed by atoms with E-state index in [1.54, 1.807) is 0 Å². The van der Waals surface area contributed by atoms with Crippen molar-refractivity contribution >= 4 is 11.8 Å². The van der Waals surface area contributed by atoms with Crippen molar-refractivity contribution < 1.29 is 9.59 Å². The molecule has 5 heteroatoms. The number of carbonyl (C=O) groups is 2. The van der Waals surface area contributed by atoms with Crippen LogP contribution in [0.1, 0.15) is 25.8 Å². The molecule has 1 aliphatic heterocycles.